The molecule has 0 heterocycles. The van der Waals surface area contributed by atoms with E-state index in [0.717, 1.165) is 18.5 Å². The van der Waals surface area contributed by atoms with Crippen LogP contribution in [-0.2, 0) is 0 Å². The fourth-order valence-electron chi connectivity index (χ4n) is 1.54. The third-order valence-corrected chi connectivity index (χ3v) is 2.55. The zero-order valence-electron chi connectivity index (χ0n) is 7.25. The molecule has 1 rings (SSSR count). The summed E-state index contributed by atoms with van der Waals surface area (Å²) in [5, 5.41) is 9.49. The highest BCUT2D eigenvalue weighted by molar-refractivity contribution is 5.04. The Labute approximate surface area is 68.1 Å². The topological polar surface area (TPSA) is 46.2 Å². The van der Waals surface area contributed by atoms with Gasteiger partial charge in [-0.2, -0.15) is 0 Å². The van der Waals surface area contributed by atoms with Crippen LogP contribution in [0.1, 0.15) is 26.7 Å². The lowest BCUT2D eigenvalue weighted by molar-refractivity contribution is 0.113. The van der Waals surface area contributed by atoms with Crippen molar-refractivity contribution in [3.05, 3.63) is 11.8 Å². The second-order valence-corrected chi connectivity index (χ2v) is 3.62. The molecule has 0 spiro atoms. The van der Waals surface area contributed by atoms with E-state index < -0.39 is 0 Å². The molecular formula is C9H17NO. The number of aliphatic hydroxyl groups excluding tert-OH is 1. The molecule has 0 fully saturated rings. The second kappa shape index (κ2) is 3.26. The van der Waals surface area contributed by atoms with Gasteiger partial charge >= 0.3 is 0 Å². The first-order valence-electron chi connectivity index (χ1n) is 4.25. The van der Waals surface area contributed by atoms with Crippen LogP contribution in [0.3, 0.4) is 0 Å². The van der Waals surface area contributed by atoms with Gasteiger partial charge in [0.1, 0.15) is 0 Å². The Bertz CT molecular complexity index is 165. The van der Waals surface area contributed by atoms with Crippen LogP contribution in [0, 0.1) is 11.8 Å². The van der Waals surface area contributed by atoms with Crippen molar-refractivity contribution in [1.82, 2.24) is 0 Å². The van der Waals surface area contributed by atoms with Gasteiger partial charge in [-0.1, -0.05) is 19.9 Å². The van der Waals surface area contributed by atoms with E-state index >= 15 is 0 Å². The summed E-state index contributed by atoms with van der Waals surface area (Å²) in [6, 6.07) is 0. The van der Waals surface area contributed by atoms with E-state index in [4.69, 9.17) is 5.73 Å². The average Bonchev–Trinajstić information content (AvgIpc) is 2.05. The Morgan fingerprint density at radius 1 is 1.55 bits per heavy atom. The molecule has 0 saturated carbocycles. The van der Waals surface area contributed by atoms with Crippen molar-refractivity contribution in [3.8, 4) is 0 Å². The average molecular weight is 155 g/mol. The monoisotopic (exact) mass is 155 g/mol. The molecule has 0 radical (unpaired) electrons. The van der Waals surface area contributed by atoms with Gasteiger partial charge in [-0.25, -0.2) is 0 Å². The third kappa shape index (κ3) is 1.96. The zero-order valence-corrected chi connectivity index (χ0v) is 7.25. The van der Waals surface area contributed by atoms with E-state index in [1.165, 1.54) is 0 Å². The quantitative estimate of drug-likeness (QED) is 0.553. The molecule has 0 aromatic carbocycles. The molecule has 0 unspecified atom stereocenters. The molecule has 0 aliphatic heterocycles. The molecule has 3 N–H and O–H groups in total. The van der Waals surface area contributed by atoms with Crippen molar-refractivity contribution >= 4 is 0 Å². The summed E-state index contributed by atoms with van der Waals surface area (Å²) in [6.07, 6.45) is 3.48. The van der Waals surface area contributed by atoms with Gasteiger partial charge in [0.25, 0.3) is 0 Å². The lowest BCUT2D eigenvalue weighted by Gasteiger charge is -2.17. The first-order chi connectivity index (χ1) is 5.11. The summed E-state index contributed by atoms with van der Waals surface area (Å²) in [4.78, 5) is 0. The maximum Gasteiger partial charge on any atom is 0.0601 e. The highest BCUT2D eigenvalue weighted by atomic mass is 16.3. The second-order valence-electron chi connectivity index (χ2n) is 3.62. The molecule has 11 heavy (non-hydrogen) atoms. The first kappa shape index (κ1) is 8.60. The fourth-order valence-corrected chi connectivity index (χ4v) is 1.54. The number of allylic oxidation sites excluding steroid dienone is 1. The smallest absolute Gasteiger partial charge is 0.0601 e. The largest absolute Gasteiger partial charge is 0.402 e. The van der Waals surface area contributed by atoms with Gasteiger partial charge in [-0.3, -0.25) is 0 Å². The molecule has 2 heteroatoms. The van der Waals surface area contributed by atoms with Gasteiger partial charge in [0.2, 0.25) is 0 Å². The Morgan fingerprint density at radius 3 is 2.82 bits per heavy atom. The molecule has 0 aromatic heterocycles. The third-order valence-electron chi connectivity index (χ3n) is 2.55. The van der Waals surface area contributed by atoms with Crippen LogP contribution in [0.5, 0.6) is 0 Å². The van der Waals surface area contributed by atoms with E-state index in [1.54, 1.807) is 0 Å². The SMILES string of the molecule is C[C@@H]1C[C@H](C)C(N)=CC[C@@H]1O. The van der Waals surface area contributed by atoms with E-state index in [9.17, 15) is 5.11 Å². The molecule has 2 nitrogen and oxygen atoms in total. The number of hydrogen-bond donors (Lipinski definition) is 2. The van der Waals surface area contributed by atoms with Gasteiger partial charge < -0.3 is 10.8 Å². The van der Waals surface area contributed by atoms with Crippen molar-refractivity contribution < 1.29 is 5.11 Å². The summed E-state index contributed by atoms with van der Waals surface area (Å²) in [5.41, 5.74) is 6.69. The molecule has 1 aliphatic carbocycles. The summed E-state index contributed by atoms with van der Waals surface area (Å²) >= 11 is 0. The Morgan fingerprint density at radius 2 is 2.18 bits per heavy atom. The van der Waals surface area contributed by atoms with Gasteiger partial charge in [0.15, 0.2) is 0 Å². The molecule has 0 aromatic rings. The van der Waals surface area contributed by atoms with Gasteiger partial charge in [0, 0.05) is 5.70 Å². The van der Waals surface area contributed by atoms with Crippen LogP contribution in [0.4, 0.5) is 0 Å². The summed E-state index contributed by atoms with van der Waals surface area (Å²) in [6.45, 7) is 4.19. The van der Waals surface area contributed by atoms with Gasteiger partial charge in [-0.05, 0) is 24.7 Å². The van der Waals surface area contributed by atoms with Crippen molar-refractivity contribution in [2.24, 2.45) is 17.6 Å². The molecule has 0 bridgehead atoms. The maximum absolute atomic E-state index is 9.49. The van der Waals surface area contributed by atoms with Gasteiger partial charge in [0.05, 0.1) is 6.10 Å². The first-order valence-corrected chi connectivity index (χ1v) is 4.25. The van der Waals surface area contributed by atoms with Crippen molar-refractivity contribution in [2.45, 2.75) is 32.8 Å². The van der Waals surface area contributed by atoms with Crippen molar-refractivity contribution in [3.63, 3.8) is 0 Å². The number of hydrogen-bond acceptors (Lipinski definition) is 2. The minimum atomic E-state index is -0.196. The number of aliphatic hydroxyl groups is 1. The van der Waals surface area contributed by atoms with E-state index in [-0.39, 0.29) is 6.10 Å². The minimum absolute atomic E-state index is 0.196. The Kier molecular flexibility index (Phi) is 2.55. The van der Waals surface area contributed by atoms with Crippen LogP contribution in [0.25, 0.3) is 0 Å². The molecule has 3 atom stereocenters. The zero-order chi connectivity index (χ0) is 8.43. The highest BCUT2D eigenvalue weighted by Gasteiger charge is 2.20. The number of rotatable bonds is 0. The van der Waals surface area contributed by atoms with Crippen LogP contribution < -0.4 is 5.73 Å². The summed E-state index contributed by atoms with van der Waals surface area (Å²) in [7, 11) is 0. The standard InChI is InChI=1S/C9H17NO/c1-6-5-7(2)9(11)4-3-8(6)10/h3,6-7,9,11H,4-5,10H2,1-2H3/t6-,7+,9-/m0/s1. The Balaban J connectivity index is 2.64. The molecular weight excluding hydrogens is 138 g/mol. The van der Waals surface area contributed by atoms with E-state index in [1.807, 2.05) is 6.08 Å². The lowest BCUT2D eigenvalue weighted by Crippen LogP contribution is -2.17. The lowest BCUT2D eigenvalue weighted by atomic mass is 9.94. The van der Waals surface area contributed by atoms with E-state index in [0.29, 0.717) is 11.8 Å². The molecule has 1 aliphatic rings. The van der Waals surface area contributed by atoms with Crippen molar-refractivity contribution in [2.75, 3.05) is 0 Å². The summed E-state index contributed by atoms with van der Waals surface area (Å²) < 4.78 is 0. The predicted octanol–water partition coefficient (Wildman–Crippen LogP) is 1.26. The van der Waals surface area contributed by atoms with Gasteiger partial charge in [-0.15, -0.1) is 0 Å². The van der Waals surface area contributed by atoms with Crippen LogP contribution in [0.2, 0.25) is 0 Å². The highest BCUT2D eigenvalue weighted by Crippen LogP contribution is 2.25. The molecule has 0 amide bonds. The minimum Gasteiger partial charge on any atom is -0.402 e. The van der Waals surface area contributed by atoms with Crippen LogP contribution >= 0.6 is 0 Å². The molecule has 64 valence electrons. The fraction of sp³-hybridized carbons (Fsp3) is 0.778. The normalized spacial score (nSPS) is 39.5. The van der Waals surface area contributed by atoms with Crippen LogP contribution in [-0.4, -0.2) is 11.2 Å². The van der Waals surface area contributed by atoms with Crippen molar-refractivity contribution in [1.29, 1.82) is 0 Å². The number of nitrogens with two attached hydrogens (primary N) is 1. The predicted molar refractivity (Wildman–Crippen MR) is 45.8 cm³/mol. The summed E-state index contributed by atoms with van der Waals surface area (Å²) in [5.74, 6) is 0.810. The maximum atomic E-state index is 9.49. The van der Waals surface area contributed by atoms with Crippen LogP contribution in [0.15, 0.2) is 11.8 Å². The van der Waals surface area contributed by atoms with E-state index in [2.05, 4.69) is 13.8 Å². The molecule has 0 saturated heterocycles. The Hall–Kier alpha value is -0.500.